The molecule has 1 heterocycles. The molecule has 3 aromatic carbocycles. The molecule has 1 atom stereocenters. The Morgan fingerprint density at radius 3 is 2.03 bits per heavy atom. The van der Waals surface area contributed by atoms with Gasteiger partial charge in [-0.15, -0.1) is 0 Å². The summed E-state index contributed by atoms with van der Waals surface area (Å²) in [5.41, 5.74) is 1.85. The molecule has 0 spiro atoms. The van der Waals surface area contributed by atoms with Crippen LogP contribution in [-0.2, 0) is 4.79 Å². The summed E-state index contributed by atoms with van der Waals surface area (Å²) in [5.74, 6) is -0.452. The second-order valence-electron chi connectivity index (χ2n) is 7.25. The quantitative estimate of drug-likeness (QED) is 0.341. The number of amides is 1. The van der Waals surface area contributed by atoms with Gasteiger partial charge in [0.2, 0.25) is 0 Å². The highest BCUT2D eigenvalue weighted by Gasteiger charge is 2.38. The van der Waals surface area contributed by atoms with Crippen molar-refractivity contribution in [1.82, 2.24) is 0 Å². The van der Waals surface area contributed by atoms with Crippen LogP contribution in [0.3, 0.4) is 0 Å². The summed E-state index contributed by atoms with van der Waals surface area (Å²) in [6.45, 7) is -5.91. The Balaban J connectivity index is 1.67. The SMILES string of the molecule is O=C1C(=Nc2ccc(OC(F)F)cc2)CC(c2cccc(Cl)c2)N1c1ccc(OC(F)F)cc1. The van der Waals surface area contributed by atoms with E-state index in [1.54, 1.807) is 18.2 Å². The van der Waals surface area contributed by atoms with E-state index in [1.807, 2.05) is 6.07 Å². The van der Waals surface area contributed by atoms with Crippen molar-refractivity contribution in [1.29, 1.82) is 0 Å². The molecule has 1 fully saturated rings. The molecule has 0 bridgehead atoms. The molecule has 0 N–H and O–H groups in total. The van der Waals surface area contributed by atoms with E-state index < -0.39 is 19.3 Å². The first kappa shape index (κ1) is 23.6. The summed E-state index contributed by atoms with van der Waals surface area (Å²) in [7, 11) is 0. The van der Waals surface area contributed by atoms with Crippen molar-refractivity contribution in [3.63, 3.8) is 0 Å². The molecule has 0 saturated carbocycles. The van der Waals surface area contributed by atoms with E-state index in [4.69, 9.17) is 11.6 Å². The molecule has 176 valence electrons. The van der Waals surface area contributed by atoms with Crippen LogP contribution in [-0.4, -0.2) is 24.8 Å². The number of benzene rings is 3. The van der Waals surface area contributed by atoms with Crippen LogP contribution in [0.5, 0.6) is 11.5 Å². The third-order valence-corrected chi connectivity index (χ3v) is 5.30. The van der Waals surface area contributed by atoms with Crippen LogP contribution in [0, 0.1) is 0 Å². The minimum Gasteiger partial charge on any atom is -0.435 e. The van der Waals surface area contributed by atoms with E-state index in [9.17, 15) is 22.4 Å². The van der Waals surface area contributed by atoms with E-state index in [-0.39, 0.29) is 29.5 Å². The zero-order chi connectivity index (χ0) is 24.2. The summed E-state index contributed by atoms with van der Waals surface area (Å²) in [6.07, 6.45) is 0.240. The molecule has 1 unspecified atom stereocenters. The Hall–Kier alpha value is -3.59. The average Bonchev–Trinajstić information content (AvgIpc) is 3.11. The fourth-order valence-corrected chi connectivity index (χ4v) is 3.86. The molecule has 1 aliphatic rings. The molecule has 1 amide bonds. The number of halogens is 5. The van der Waals surface area contributed by atoms with Gasteiger partial charge in [0.1, 0.15) is 17.2 Å². The molecule has 3 aromatic rings. The fourth-order valence-electron chi connectivity index (χ4n) is 3.66. The van der Waals surface area contributed by atoms with Crippen LogP contribution < -0.4 is 14.4 Å². The van der Waals surface area contributed by atoms with Gasteiger partial charge in [-0.3, -0.25) is 9.69 Å². The second kappa shape index (κ2) is 10.1. The van der Waals surface area contributed by atoms with Crippen LogP contribution >= 0.6 is 11.6 Å². The zero-order valence-electron chi connectivity index (χ0n) is 17.4. The Morgan fingerprint density at radius 1 is 0.882 bits per heavy atom. The number of rotatable bonds is 7. The maximum Gasteiger partial charge on any atom is 0.387 e. The Labute approximate surface area is 197 Å². The molecule has 10 heteroatoms. The summed E-state index contributed by atoms with van der Waals surface area (Å²) in [5, 5.41) is 0.491. The average molecular weight is 493 g/mol. The van der Waals surface area contributed by atoms with Gasteiger partial charge >= 0.3 is 13.2 Å². The number of hydrogen-bond acceptors (Lipinski definition) is 4. The van der Waals surface area contributed by atoms with Crippen molar-refractivity contribution in [2.75, 3.05) is 4.90 Å². The normalized spacial score (nSPS) is 17.1. The fraction of sp³-hybridized carbons (Fsp3) is 0.167. The Bertz CT molecular complexity index is 1190. The number of carbonyl (C=O) groups excluding carboxylic acids is 1. The van der Waals surface area contributed by atoms with Crippen LogP contribution in [0.15, 0.2) is 77.8 Å². The van der Waals surface area contributed by atoms with Gasteiger partial charge in [0, 0.05) is 17.1 Å². The lowest BCUT2D eigenvalue weighted by molar-refractivity contribution is -0.112. The molecule has 0 aromatic heterocycles. The number of aliphatic imine (C=N–C) groups is 1. The topological polar surface area (TPSA) is 51.1 Å². The number of nitrogens with zero attached hydrogens (tertiary/aromatic N) is 2. The highest BCUT2D eigenvalue weighted by Crippen LogP contribution is 2.38. The van der Waals surface area contributed by atoms with Gasteiger partial charge < -0.3 is 9.47 Å². The van der Waals surface area contributed by atoms with Crippen LogP contribution in [0.25, 0.3) is 0 Å². The molecule has 4 rings (SSSR count). The number of carbonyl (C=O) groups is 1. The lowest BCUT2D eigenvalue weighted by atomic mass is 10.0. The lowest BCUT2D eigenvalue weighted by Gasteiger charge is -2.25. The van der Waals surface area contributed by atoms with Gasteiger partial charge in [0.15, 0.2) is 0 Å². The summed E-state index contributed by atoms with van der Waals surface area (Å²) in [6, 6.07) is 17.9. The van der Waals surface area contributed by atoms with Crippen LogP contribution in [0.1, 0.15) is 18.0 Å². The van der Waals surface area contributed by atoms with E-state index in [2.05, 4.69) is 14.5 Å². The molecule has 1 saturated heterocycles. The van der Waals surface area contributed by atoms with Gasteiger partial charge in [-0.2, -0.15) is 17.6 Å². The molecule has 1 aliphatic heterocycles. The summed E-state index contributed by atoms with van der Waals surface area (Å²) >= 11 is 6.15. The number of hydrogen-bond donors (Lipinski definition) is 0. The maximum atomic E-state index is 13.3. The molecule has 0 radical (unpaired) electrons. The smallest absolute Gasteiger partial charge is 0.387 e. The van der Waals surface area contributed by atoms with Crippen molar-refractivity contribution in [2.24, 2.45) is 4.99 Å². The Morgan fingerprint density at radius 2 is 1.47 bits per heavy atom. The third kappa shape index (κ3) is 5.48. The lowest BCUT2D eigenvalue weighted by Crippen LogP contribution is -2.29. The van der Waals surface area contributed by atoms with Crippen LogP contribution in [0.4, 0.5) is 28.9 Å². The van der Waals surface area contributed by atoms with Crippen molar-refractivity contribution in [2.45, 2.75) is 25.7 Å². The number of alkyl halides is 4. The molecular formula is C24H17ClF4N2O3. The molecule has 34 heavy (non-hydrogen) atoms. The first-order chi connectivity index (χ1) is 16.3. The summed E-state index contributed by atoms with van der Waals surface area (Å²) < 4.78 is 58.4. The van der Waals surface area contributed by atoms with Crippen molar-refractivity contribution >= 4 is 34.6 Å². The van der Waals surface area contributed by atoms with Gasteiger partial charge in [-0.25, -0.2) is 4.99 Å². The first-order valence-corrected chi connectivity index (χ1v) is 10.4. The van der Waals surface area contributed by atoms with Crippen molar-refractivity contribution < 1.29 is 31.8 Å². The minimum atomic E-state index is -2.96. The monoisotopic (exact) mass is 492 g/mol. The van der Waals surface area contributed by atoms with Gasteiger partial charge in [-0.05, 0) is 66.2 Å². The second-order valence-corrected chi connectivity index (χ2v) is 7.69. The van der Waals surface area contributed by atoms with Crippen molar-refractivity contribution in [3.05, 3.63) is 83.4 Å². The van der Waals surface area contributed by atoms with E-state index >= 15 is 0 Å². The predicted octanol–water partition coefficient (Wildman–Crippen LogP) is 6.79. The van der Waals surface area contributed by atoms with E-state index in [0.29, 0.717) is 16.4 Å². The minimum absolute atomic E-state index is 0.0266. The zero-order valence-corrected chi connectivity index (χ0v) is 18.1. The van der Waals surface area contributed by atoms with Crippen molar-refractivity contribution in [3.8, 4) is 11.5 Å². The molecule has 5 nitrogen and oxygen atoms in total. The highest BCUT2D eigenvalue weighted by molar-refractivity contribution is 6.46. The standard InChI is InChI=1S/C24H17ClF4N2O3/c25-15-3-1-2-14(12-15)21-13-20(30-16-4-8-18(9-5-16)33-23(26)27)22(32)31(21)17-6-10-19(11-7-17)34-24(28)29/h1-12,21,23-24H,13H2. The molecule has 0 aliphatic carbocycles. The van der Waals surface area contributed by atoms with Gasteiger partial charge in [0.25, 0.3) is 5.91 Å². The maximum absolute atomic E-state index is 13.3. The summed E-state index contributed by atoms with van der Waals surface area (Å²) in [4.78, 5) is 19.3. The Kier molecular flexibility index (Phi) is 7.02. The third-order valence-electron chi connectivity index (χ3n) is 5.06. The number of anilines is 1. The van der Waals surface area contributed by atoms with Crippen LogP contribution in [0.2, 0.25) is 5.02 Å². The molecular weight excluding hydrogens is 476 g/mol. The highest BCUT2D eigenvalue weighted by atomic mass is 35.5. The number of ether oxygens (including phenoxy) is 2. The van der Waals surface area contributed by atoms with E-state index in [0.717, 1.165) is 5.56 Å². The first-order valence-electron chi connectivity index (χ1n) is 10.1. The largest absolute Gasteiger partial charge is 0.435 e. The van der Waals surface area contributed by atoms with Gasteiger partial charge in [0.05, 0.1) is 11.7 Å². The van der Waals surface area contributed by atoms with E-state index in [1.165, 1.54) is 53.4 Å². The predicted molar refractivity (Wildman–Crippen MR) is 120 cm³/mol. The van der Waals surface area contributed by atoms with Gasteiger partial charge in [-0.1, -0.05) is 23.7 Å².